The van der Waals surface area contributed by atoms with Crippen LogP contribution in [0.15, 0.2) is 66.4 Å². The second-order valence-electron chi connectivity index (χ2n) is 7.69. The standard InChI is InChI=1S/C24H19Cl2F5N3OP/c25-14-4-1-12(2-5-14)11-34-19-8-6-15(18(32)10-20(33)23(27,28)29)22(35)21(19)13-3-7-17(26)16(9-13)24(30,31)36/h1-10,32,34-35H,11,33,36H2. The number of hydrogen-bond donors (Lipinski definition) is 4. The highest BCUT2D eigenvalue weighted by Crippen LogP contribution is 2.45. The molecule has 0 amide bonds. The highest BCUT2D eigenvalue weighted by molar-refractivity contribution is 7.17. The maximum Gasteiger partial charge on any atom is 0.430 e. The summed E-state index contributed by atoms with van der Waals surface area (Å²) in [6.07, 6.45) is -4.51. The second-order valence-corrected chi connectivity index (χ2v) is 9.26. The van der Waals surface area contributed by atoms with Gasteiger partial charge in [0.2, 0.25) is 0 Å². The molecule has 1 atom stereocenters. The van der Waals surface area contributed by atoms with Gasteiger partial charge >= 0.3 is 6.18 Å². The van der Waals surface area contributed by atoms with E-state index in [4.69, 9.17) is 34.3 Å². The number of hydrogen-bond acceptors (Lipinski definition) is 4. The summed E-state index contributed by atoms with van der Waals surface area (Å²) in [6, 6.07) is 13.1. The highest BCUT2D eigenvalue weighted by atomic mass is 35.5. The Morgan fingerprint density at radius 2 is 1.67 bits per heavy atom. The molecule has 0 heterocycles. The molecule has 36 heavy (non-hydrogen) atoms. The summed E-state index contributed by atoms with van der Waals surface area (Å²) in [5.74, 6) is -0.604. The Morgan fingerprint density at radius 3 is 2.25 bits per heavy atom. The minimum absolute atomic E-state index is 0.0163. The van der Waals surface area contributed by atoms with Crippen LogP contribution < -0.4 is 11.1 Å². The van der Waals surface area contributed by atoms with Gasteiger partial charge < -0.3 is 21.6 Å². The zero-order chi connectivity index (χ0) is 26.8. The summed E-state index contributed by atoms with van der Waals surface area (Å²) in [6.45, 7) is 0.238. The van der Waals surface area contributed by atoms with E-state index in [1.54, 1.807) is 24.3 Å². The molecule has 0 saturated carbocycles. The number of nitrogens with two attached hydrogens (primary N) is 1. The van der Waals surface area contributed by atoms with Crippen LogP contribution in [-0.2, 0) is 12.2 Å². The second kappa shape index (κ2) is 10.6. The number of halogens is 7. The number of allylic oxidation sites excluding steroid dienone is 2. The van der Waals surface area contributed by atoms with Crippen LogP contribution in [0.25, 0.3) is 11.1 Å². The van der Waals surface area contributed by atoms with Crippen LogP contribution in [0, 0.1) is 5.41 Å². The number of phenols is 1. The van der Waals surface area contributed by atoms with Crippen LogP contribution in [0.1, 0.15) is 16.7 Å². The fraction of sp³-hybridized carbons (Fsp3) is 0.125. The fourth-order valence-corrected chi connectivity index (χ4v) is 4.00. The molecular formula is C24H19Cl2F5N3OP. The van der Waals surface area contributed by atoms with Gasteiger partial charge in [0.1, 0.15) is 11.4 Å². The molecule has 0 aromatic heterocycles. The molecule has 0 spiro atoms. The molecule has 3 rings (SSSR count). The molecule has 190 valence electrons. The van der Waals surface area contributed by atoms with E-state index < -0.39 is 34.6 Å². The molecule has 5 N–H and O–H groups in total. The average molecular weight is 562 g/mol. The van der Waals surface area contributed by atoms with E-state index in [1.807, 2.05) is 0 Å². The van der Waals surface area contributed by atoms with Gasteiger partial charge in [0.15, 0.2) is 0 Å². The van der Waals surface area contributed by atoms with Crippen LogP contribution in [0.4, 0.5) is 27.6 Å². The van der Waals surface area contributed by atoms with Crippen molar-refractivity contribution < 1.29 is 27.1 Å². The van der Waals surface area contributed by atoms with Gasteiger partial charge in [-0.05, 0) is 53.6 Å². The predicted molar refractivity (Wildman–Crippen MR) is 136 cm³/mol. The van der Waals surface area contributed by atoms with Crippen molar-refractivity contribution in [3.05, 3.63) is 93.1 Å². The maximum atomic E-state index is 14.1. The van der Waals surface area contributed by atoms with Crippen molar-refractivity contribution in [2.45, 2.75) is 18.4 Å². The zero-order valence-corrected chi connectivity index (χ0v) is 20.9. The Bertz CT molecular complexity index is 1320. The van der Waals surface area contributed by atoms with Gasteiger partial charge in [-0.1, -0.05) is 50.6 Å². The lowest BCUT2D eigenvalue weighted by Gasteiger charge is -2.19. The van der Waals surface area contributed by atoms with Crippen molar-refractivity contribution in [3.8, 4) is 16.9 Å². The van der Waals surface area contributed by atoms with Crippen LogP contribution >= 0.6 is 32.4 Å². The topological polar surface area (TPSA) is 82.1 Å². The molecule has 4 nitrogen and oxygen atoms in total. The van der Waals surface area contributed by atoms with E-state index in [9.17, 15) is 27.1 Å². The number of phenolic OH excluding ortho intramolecular Hbond substituents is 1. The zero-order valence-electron chi connectivity index (χ0n) is 18.2. The molecule has 0 aliphatic heterocycles. The SMILES string of the molecule is N=C(C=C(N)C(F)(F)F)c1ccc(NCc2ccc(Cl)cc2)c(-c2ccc(Cl)c(C(F)(F)P)c2)c1O. The smallest absolute Gasteiger partial charge is 0.430 e. The Morgan fingerprint density at radius 1 is 1.03 bits per heavy atom. The summed E-state index contributed by atoms with van der Waals surface area (Å²) >= 11 is 11.8. The number of aromatic hydroxyl groups is 1. The molecule has 3 aromatic rings. The summed E-state index contributed by atoms with van der Waals surface area (Å²) in [7, 11) is 1.37. The number of nitrogens with one attached hydrogen (secondary N) is 2. The Labute approximate surface area is 215 Å². The van der Waals surface area contributed by atoms with Crippen molar-refractivity contribution >= 4 is 43.8 Å². The molecule has 0 fully saturated rings. The average Bonchev–Trinajstić information content (AvgIpc) is 2.78. The first-order valence-electron chi connectivity index (χ1n) is 10.1. The van der Waals surface area contributed by atoms with Gasteiger partial charge in [0.25, 0.3) is 5.66 Å². The van der Waals surface area contributed by atoms with E-state index in [0.29, 0.717) is 11.1 Å². The maximum absolute atomic E-state index is 14.1. The van der Waals surface area contributed by atoms with E-state index >= 15 is 0 Å². The third kappa shape index (κ3) is 6.46. The highest BCUT2D eigenvalue weighted by Gasteiger charge is 2.32. The molecule has 0 saturated heterocycles. The van der Waals surface area contributed by atoms with Gasteiger partial charge in [-0.3, -0.25) is 0 Å². The molecule has 0 aliphatic carbocycles. The molecule has 3 aromatic carbocycles. The minimum Gasteiger partial charge on any atom is -0.507 e. The van der Waals surface area contributed by atoms with Crippen molar-refractivity contribution in [1.29, 1.82) is 5.41 Å². The first-order valence-corrected chi connectivity index (χ1v) is 11.5. The molecular weight excluding hydrogens is 543 g/mol. The number of benzene rings is 3. The van der Waals surface area contributed by atoms with Crippen molar-refractivity contribution in [2.75, 3.05) is 5.32 Å². The summed E-state index contributed by atoms with van der Waals surface area (Å²) in [5.41, 5.74) is -0.320. The van der Waals surface area contributed by atoms with E-state index in [0.717, 1.165) is 11.6 Å². The van der Waals surface area contributed by atoms with Gasteiger partial charge in [0.05, 0.1) is 10.7 Å². The number of alkyl halides is 5. The number of rotatable bonds is 7. The van der Waals surface area contributed by atoms with E-state index in [1.165, 1.54) is 33.5 Å². The summed E-state index contributed by atoms with van der Waals surface area (Å²) in [5, 5.41) is 22.5. The monoisotopic (exact) mass is 561 g/mol. The first-order chi connectivity index (χ1) is 16.7. The molecule has 1 unspecified atom stereocenters. The molecule has 0 bridgehead atoms. The lowest BCUT2D eigenvalue weighted by Crippen LogP contribution is -2.20. The van der Waals surface area contributed by atoms with E-state index in [2.05, 4.69) is 5.32 Å². The fourth-order valence-electron chi connectivity index (χ4n) is 3.30. The minimum atomic E-state index is -4.87. The van der Waals surface area contributed by atoms with Crippen LogP contribution in [0.2, 0.25) is 10.0 Å². The molecule has 12 heteroatoms. The van der Waals surface area contributed by atoms with Gasteiger partial charge in [-0.15, -0.1) is 0 Å². The Balaban J connectivity index is 2.15. The first kappa shape index (κ1) is 27.7. The summed E-state index contributed by atoms with van der Waals surface area (Å²) in [4.78, 5) is 0. The largest absolute Gasteiger partial charge is 0.507 e. The van der Waals surface area contributed by atoms with Crippen molar-refractivity contribution in [2.24, 2.45) is 5.73 Å². The third-order valence-corrected chi connectivity index (χ3v) is 6.00. The predicted octanol–water partition coefficient (Wildman–Crippen LogP) is 7.68. The molecule has 0 radical (unpaired) electrons. The summed E-state index contributed by atoms with van der Waals surface area (Å²) < 4.78 is 66.8. The quantitative estimate of drug-likeness (QED) is 0.136. The van der Waals surface area contributed by atoms with Gasteiger partial charge in [0, 0.05) is 33.9 Å². The number of anilines is 1. The normalized spacial score (nSPS) is 12.5. The van der Waals surface area contributed by atoms with Crippen molar-refractivity contribution in [3.63, 3.8) is 0 Å². The van der Waals surface area contributed by atoms with E-state index in [-0.39, 0.29) is 33.9 Å². The van der Waals surface area contributed by atoms with Crippen LogP contribution in [0.3, 0.4) is 0 Å². The van der Waals surface area contributed by atoms with Crippen LogP contribution in [0.5, 0.6) is 5.75 Å². The Hall–Kier alpha value is -2.87. The molecule has 0 aliphatic rings. The lowest BCUT2D eigenvalue weighted by molar-refractivity contribution is -0.0925. The van der Waals surface area contributed by atoms with Gasteiger partial charge in [-0.2, -0.15) is 22.0 Å². The van der Waals surface area contributed by atoms with Gasteiger partial charge in [-0.25, -0.2) is 0 Å². The lowest BCUT2D eigenvalue weighted by atomic mass is 9.95. The third-order valence-electron chi connectivity index (χ3n) is 5.11. The Kier molecular flexibility index (Phi) is 8.18. The van der Waals surface area contributed by atoms with Crippen molar-refractivity contribution in [1.82, 2.24) is 0 Å². The van der Waals surface area contributed by atoms with Crippen LogP contribution in [-0.4, -0.2) is 17.0 Å².